The summed E-state index contributed by atoms with van der Waals surface area (Å²) in [5.41, 5.74) is 9.20. The molecule has 4 aromatic rings. The molecule has 4 rings (SSSR count). The van der Waals surface area contributed by atoms with E-state index in [2.05, 4.69) is 15.0 Å². The Kier molecular flexibility index (Phi) is 4.11. The highest BCUT2D eigenvalue weighted by Crippen LogP contribution is 2.19. The zero-order valence-electron chi connectivity index (χ0n) is 14.1. The van der Waals surface area contributed by atoms with E-state index >= 15 is 0 Å². The Hall–Kier alpha value is -3.23. The lowest BCUT2D eigenvalue weighted by Crippen LogP contribution is -2.22. The van der Waals surface area contributed by atoms with E-state index in [4.69, 9.17) is 10.6 Å². The standard InChI is InChI=1S/C18H17N5O3/c1-25-26-11-13-7-8-15-14(9-13)20-16(19)17-21-22(18(24)23(15)17)10-12-5-3-2-4-6-12/h2-9H,10-11H2,1H3,(H2,19,20). The molecule has 0 saturated carbocycles. The van der Waals surface area contributed by atoms with Gasteiger partial charge in [0, 0.05) is 0 Å². The van der Waals surface area contributed by atoms with E-state index in [1.165, 1.54) is 16.2 Å². The van der Waals surface area contributed by atoms with Crippen molar-refractivity contribution in [2.75, 3.05) is 12.8 Å². The van der Waals surface area contributed by atoms with Crippen molar-refractivity contribution in [1.82, 2.24) is 19.2 Å². The molecular formula is C18H17N5O3. The number of fused-ring (bicyclic) bond motifs is 3. The summed E-state index contributed by atoms with van der Waals surface area (Å²) in [6, 6.07) is 15.1. The van der Waals surface area contributed by atoms with Gasteiger partial charge < -0.3 is 5.73 Å². The molecule has 8 nitrogen and oxygen atoms in total. The van der Waals surface area contributed by atoms with E-state index in [0.29, 0.717) is 23.2 Å². The first kappa shape index (κ1) is 16.2. The third-order valence-corrected chi connectivity index (χ3v) is 4.11. The van der Waals surface area contributed by atoms with Gasteiger partial charge in [-0.25, -0.2) is 28.6 Å². The van der Waals surface area contributed by atoms with Crippen LogP contribution in [0.1, 0.15) is 11.1 Å². The van der Waals surface area contributed by atoms with E-state index in [9.17, 15) is 4.79 Å². The minimum Gasteiger partial charge on any atom is -0.381 e. The van der Waals surface area contributed by atoms with Crippen molar-refractivity contribution in [3.8, 4) is 0 Å². The average Bonchev–Trinajstić information content (AvgIpc) is 2.98. The Morgan fingerprint density at radius 1 is 1.12 bits per heavy atom. The van der Waals surface area contributed by atoms with Gasteiger partial charge in [-0.2, -0.15) is 0 Å². The summed E-state index contributed by atoms with van der Waals surface area (Å²) in [5.74, 6) is 0.200. The number of rotatable bonds is 5. The van der Waals surface area contributed by atoms with Gasteiger partial charge in [-0.3, -0.25) is 0 Å². The molecule has 0 saturated heterocycles. The molecule has 2 aromatic heterocycles. The van der Waals surface area contributed by atoms with Crippen LogP contribution in [0.3, 0.4) is 0 Å². The number of anilines is 1. The number of nitrogens with two attached hydrogens (primary N) is 1. The van der Waals surface area contributed by atoms with Crippen molar-refractivity contribution in [3.05, 3.63) is 70.1 Å². The molecule has 0 aliphatic rings. The number of hydrogen-bond acceptors (Lipinski definition) is 6. The molecule has 0 fully saturated rings. The monoisotopic (exact) mass is 351 g/mol. The van der Waals surface area contributed by atoms with Crippen LogP contribution < -0.4 is 11.4 Å². The van der Waals surface area contributed by atoms with E-state index in [0.717, 1.165) is 11.1 Å². The van der Waals surface area contributed by atoms with Crippen LogP contribution in [0.25, 0.3) is 16.7 Å². The van der Waals surface area contributed by atoms with Crippen LogP contribution in [-0.4, -0.2) is 26.3 Å². The van der Waals surface area contributed by atoms with Gasteiger partial charge in [0.1, 0.15) is 6.61 Å². The van der Waals surface area contributed by atoms with Crippen molar-refractivity contribution in [2.45, 2.75) is 13.2 Å². The van der Waals surface area contributed by atoms with Crippen molar-refractivity contribution in [3.63, 3.8) is 0 Å². The van der Waals surface area contributed by atoms with Crippen molar-refractivity contribution in [2.24, 2.45) is 0 Å². The second kappa shape index (κ2) is 6.58. The molecule has 0 unspecified atom stereocenters. The summed E-state index contributed by atoms with van der Waals surface area (Å²) in [6.07, 6.45) is 0. The second-order valence-corrected chi connectivity index (χ2v) is 5.83. The maximum atomic E-state index is 12.9. The van der Waals surface area contributed by atoms with Gasteiger partial charge in [0.15, 0.2) is 5.82 Å². The van der Waals surface area contributed by atoms with Crippen molar-refractivity contribution < 1.29 is 9.78 Å². The zero-order valence-corrected chi connectivity index (χ0v) is 14.1. The lowest BCUT2D eigenvalue weighted by Gasteiger charge is -2.05. The van der Waals surface area contributed by atoms with Crippen LogP contribution in [0.5, 0.6) is 0 Å². The Morgan fingerprint density at radius 3 is 2.69 bits per heavy atom. The number of benzene rings is 2. The molecule has 0 aliphatic carbocycles. The summed E-state index contributed by atoms with van der Waals surface area (Å²) in [4.78, 5) is 26.8. The van der Waals surface area contributed by atoms with E-state index in [-0.39, 0.29) is 18.1 Å². The number of nitrogen functional groups attached to an aromatic ring is 1. The SMILES string of the molecule is COOCc1ccc2c(c1)nc(N)c1nn(Cc3ccccc3)c(=O)n12. The Balaban J connectivity index is 1.86. The zero-order chi connectivity index (χ0) is 18.1. The lowest BCUT2D eigenvalue weighted by atomic mass is 10.2. The third kappa shape index (κ3) is 2.81. The molecule has 0 aliphatic heterocycles. The molecular weight excluding hydrogens is 334 g/mol. The highest BCUT2D eigenvalue weighted by molar-refractivity contribution is 5.82. The van der Waals surface area contributed by atoms with Gasteiger partial charge in [-0.15, -0.1) is 5.10 Å². The van der Waals surface area contributed by atoms with Gasteiger partial charge in [0.25, 0.3) is 0 Å². The van der Waals surface area contributed by atoms with E-state index in [1.807, 2.05) is 42.5 Å². The average molecular weight is 351 g/mol. The number of aromatic nitrogens is 4. The summed E-state index contributed by atoms with van der Waals surface area (Å²) >= 11 is 0. The molecule has 0 atom stereocenters. The molecule has 0 amide bonds. The van der Waals surface area contributed by atoms with Gasteiger partial charge in [0.05, 0.1) is 24.7 Å². The quantitative estimate of drug-likeness (QED) is 0.435. The second-order valence-electron chi connectivity index (χ2n) is 5.83. The largest absolute Gasteiger partial charge is 0.381 e. The summed E-state index contributed by atoms with van der Waals surface area (Å²) in [7, 11) is 1.45. The number of nitrogens with zero attached hydrogens (tertiary/aromatic N) is 4. The predicted octanol–water partition coefficient (Wildman–Crippen LogP) is 1.75. The number of hydrogen-bond donors (Lipinski definition) is 1. The molecule has 26 heavy (non-hydrogen) atoms. The minimum atomic E-state index is -0.260. The van der Waals surface area contributed by atoms with Gasteiger partial charge in [-0.05, 0) is 23.3 Å². The fourth-order valence-corrected chi connectivity index (χ4v) is 2.89. The molecule has 8 heteroatoms. The van der Waals surface area contributed by atoms with Crippen LogP contribution in [0, 0.1) is 0 Å². The maximum Gasteiger partial charge on any atom is 0.351 e. The molecule has 2 heterocycles. The van der Waals surface area contributed by atoms with Crippen LogP contribution in [0.2, 0.25) is 0 Å². The first-order valence-corrected chi connectivity index (χ1v) is 8.04. The van der Waals surface area contributed by atoms with E-state index < -0.39 is 0 Å². The molecule has 2 N–H and O–H groups in total. The molecule has 0 spiro atoms. The van der Waals surface area contributed by atoms with Crippen molar-refractivity contribution >= 4 is 22.5 Å². The lowest BCUT2D eigenvalue weighted by molar-refractivity contribution is -0.282. The van der Waals surface area contributed by atoms with Crippen LogP contribution in [0.15, 0.2) is 53.3 Å². The minimum absolute atomic E-state index is 0.200. The van der Waals surface area contributed by atoms with Gasteiger partial charge in [0.2, 0.25) is 5.65 Å². The highest BCUT2D eigenvalue weighted by Gasteiger charge is 2.15. The molecule has 0 radical (unpaired) electrons. The fraction of sp³-hybridized carbons (Fsp3) is 0.167. The van der Waals surface area contributed by atoms with Crippen molar-refractivity contribution in [1.29, 1.82) is 0 Å². The predicted molar refractivity (Wildman–Crippen MR) is 96.5 cm³/mol. The van der Waals surface area contributed by atoms with Gasteiger partial charge >= 0.3 is 5.69 Å². The Morgan fingerprint density at radius 2 is 1.92 bits per heavy atom. The topological polar surface area (TPSA) is 96.7 Å². The third-order valence-electron chi connectivity index (χ3n) is 4.11. The van der Waals surface area contributed by atoms with Crippen LogP contribution in [-0.2, 0) is 22.9 Å². The van der Waals surface area contributed by atoms with Crippen LogP contribution >= 0.6 is 0 Å². The Labute approximate surface area is 148 Å². The maximum absolute atomic E-state index is 12.9. The summed E-state index contributed by atoms with van der Waals surface area (Å²) in [6.45, 7) is 0.635. The summed E-state index contributed by atoms with van der Waals surface area (Å²) in [5, 5.41) is 4.36. The Bertz CT molecular complexity index is 1130. The molecule has 0 bridgehead atoms. The summed E-state index contributed by atoms with van der Waals surface area (Å²) < 4.78 is 2.88. The smallest absolute Gasteiger partial charge is 0.351 e. The van der Waals surface area contributed by atoms with Gasteiger partial charge in [-0.1, -0.05) is 36.4 Å². The fourth-order valence-electron chi connectivity index (χ4n) is 2.89. The highest BCUT2D eigenvalue weighted by atomic mass is 17.2. The van der Waals surface area contributed by atoms with Crippen LogP contribution in [0.4, 0.5) is 5.82 Å². The van der Waals surface area contributed by atoms with E-state index in [1.54, 1.807) is 6.07 Å². The normalized spacial score (nSPS) is 11.4. The molecule has 2 aromatic carbocycles. The first-order valence-electron chi connectivity index (χ1n) is 8.04. The first-order chi connectivity index (χ1) is 12.7. The molecule has 132 valence electrons.